The summed E-state index contributed by atoms with van der Waals surface area (Å²) in [6, 6.07) is 14.2. The molecule has 1 saturated heterocycles. The lowest BCUT2D eigenvalue weighted by atomic mass is 10.0. The lowest BCUT2D eigenvalue weighted by molar-refractivity contribution is 0.198. The summed E-state index contributed by atoms with van der Waals surface area (Å²) >= 11 is 0. The number of hydrogen-bond acceptors (Lipinski definition) is 4. The van der Waals surface area contributed by atoms with E-state index < -0.39 is 0 Å². The van der Waals surface area contributed by atoms with E-state index in [1.54, 1.807) is 19.2 Å². The molecule has 31 heavy (non-hydrogen) atoms. The van der Waals surface area contributed by atoms with E-state index in [1.165, 1.54) is 11.1 Å². The van der Waals surface area contributed by atoms with Crippen LogP contribution in [0.5, 0.6) is 11.5 Å². The molecule has 2 aromatic rings. The Hall–Kier alpha value is -2.00. The van der Waals surface area contributed by atoms with Crippen molar-refractivity contribution in [2.24, 2.45) is 4.99 Å². The Morgan fingerprint density at radius 2 is 1.90 bits per heavy atom. The van der Waals surface area contributed by atoms with Crippen molar-refractivity contribution in [3.8, 4) is 11.5 Å². The minimum atomic E-state index is 0. The van der Waals surface area contributed by atoms with Gasteiger partial charge in [-0.1, -0.05) is 24.3 Å². The van der Waals surface area contributed by atoms with Crippen molar-refractivity contribution in [2.75, 3.05) is 26.7 Å². The van der Waals surface area contributed by atoms with Crippen molar-refractivity contribution in [3.05, 3.63) is 59.2 Å². The normalized spacial score (nSPS) is 15.3. The van der Waals surface area contributed by atoms with Gasteiger partial charge in [0.25, 0.3) is 0 Å². The number of aromatic hydroxyl groups is 1. The third-order valence-corrected chi connectivity index (χ3v) is 5.62. The lowest BCUT2D eigenvalue weighted by Gasteiger charge is -2.33. The molecule has 0 atom stereocenters. The number of nitrogens with zero attached hydrogens (tertiary/aromatic N) is 2. The summed E-state index contributed by atoms with van der Waals surface area (Å²) < 4.78 is 5.25. The number of likely N-dealkylation sites (tertiary alicyclic amines) is 1. The van der Waals surface area contributed by atoms with E-state index in [0.29, 0.717) is 12.6 Å². The second-order valence-corrected chi connectivity index (χ2v) is 7.81. The van der Waals surface area contributed by atoms with E-state index in [4.69, 9.17) is 4.74 Å². The maximum Gasteiger partial charge on any atom is 0.191 e. The predicted octanol–water partition coefficient (Wildman–Crippen LogP) is 4.05. The summed E-state index contributed by atoms with van der Waals surface area (Å²) in [6.45, 7) is 8.59. The minimum Gasteiger partial charge on any atom is -0.508 e. The first-order chi connectivity index (χ1) is 14.6. The van der Waals surface area contributed by atoms with Gasteiger partial charge in [0.1, 0.15) is 11.5 Å². The molecule has 0 saturated carbocycles. The van der Waals surface area contributed by atoms with Gasteiger partial charge >= 0.3 is 0 Å². The summed E-state index contributed by atoms with van der Waals surface area (Å²) in [5, 5.41) is 17.0. The number of guanidine groups is 1. The number of rotatable bonds is 7. The molecule has 0 spiro atoms. The van der Waals surface area contributed by atoms with Crippen molar-refractivity contribution in [3.63, 3.8) is 0 Å². The quantitative estimate of drug-likeness (QED) is 0.282. The van der Waals surface area contributed by atoms with Crippen LogP contribution in [0.15, 0.2) is 47.5 Å². The Labute approximate surface area is 203 Å². The molecule has 2 aromatic carbocycles. The van der Waals surface area contributed by atoms with Crippen molar-refractivity contribution < 1.29 is 9.84 Å². The molecule has 0 amide bonds. The van der Waals surface area contributed by atoms with Crippen LogP contribution in [-0.4, -0.2) is 48.8 Å². The monoisotopic (exact) mass is 538 g/mol. The Bertz CT molecular complexity index is 851. The molecule has 1 aliphatic rings. The minimum absolute atomic E-state index is 0. The lowest BCUT2D eigenvalue weighted by Crippen LogP contribution is -2.48. The first-order valence-electron chi connectivity index (χ1n) is 10.8. The van der Waals surface area contributed by atoms with Gasteiger partial charge in [0, 0.05) is 37.8 Å². The number of benzene rings is 2. The molecule has 0 aliphatic carbocycles. The van der Waals surface area contributed by atoms with Crippen molar-refractivity contribution in [1.29, 1.82) is 0 Å². The summed E-state index contributed by atoms with van der Waals surface area (Å²) in [6.07, 6.45) is 2.17. The molecule has 0 unspecified atom stereocenters. The highest BCUT2D eigenvalue weighted by Gasteiger charge is 2.20. The predicted molar refractivity (Wildman–Crippen MR) is 138 cm³/mol. The molecule has 0 aromatic heterocycles. The largest absolute Gasteiger partial charge is 0.508 e. The van der Waals surface area contributed by atoms with Gasteiger partial charge in [0.15, 0.2) is 5.96 Å². The third-order valence-electron chi connectivity index (χ3n) is 5.62. The molecule has 0 radical (unpaired) electrons. The van der Waals surface area contributed by atoms with Gasteiger partial charge in [-0.15, -0.1) is 24.0 Å². The standard InChI is InChI=1S/C24H34N4O2.HI/c1-4-25-24(26-16-20-15-22(30-3)9-10-23(20)29)27-21-11-13-28(14-12-21)17-19-8-6-5-7-18(19)2;/h5-10,15,21,29H,4,11-14,16-17H2,1-3H3,(H2,25,26,27);1H. The smallest absolute Gasteiger partial charge is 0.191 e. The second kappa shape index (κ2) is 12.8. The molecule has 1 heterocycles. The summed E-state index contributed by atoms with van der Waals surface area (Å²) in [5.74, 6) is 1.74. The van der Waals surface area contributed by atoms with E-state index >= 15 is 0 Å². The maximum absolute atomic E-state index is 10.1. The topological polar surface area (TPSA) is 69.1 Å². The van der Waals surface area contributed by atoms with Crippen LogP contribution in [0.4, 0.5) is 0 Å². The van der Waals surface area contributed by atoms with Gasteiger partial charge in [-0.3, -0.25) is 4.90 Å². The van der Waals surface area contributed by atoms with Crippen LogP contribution in [0.3, 0.4) is 0 Å². The average Bonchev–Trinajstić information content (AvgIpc) is 2.76. The maximum atomic E-state index is 10.1. The van der Waals surface area contributed by atoms with Crippen LogP contribution >= 0.6 is 24.0 Å². The van der Waals surface area contributed by atoms with Crippen LogP contribution in [-0.2, 0) is 13.1 Å². The van der Waals surface area contributed by atoms with Crippen molar-refractivity contribution >= 4 is 29.9 Å². The van der Waals surface area contributed by atoms with Crippen LogP contribution in [0.2, 0.25) is 0 Å². The van der Waals surface area contributed by atoms with E-state index in [0.717, 1.165) is 56.3 Å². The zero-order valence-electron chi connectivity index (χ0n) is 18.7. The van der Waals surface area contributed by atoms with Crippen LogP contribution in [0.1, 0.15) is 36.5 Å². The van der Waals surface area contributed by atoms with Crippen LogP contribution < -0.4 is 15.4 Å². The number of hydrogen-bond donors (Lipinski definition) is 3. The fourth-order valence-corrected chi connectivity index (χ4v) is 3.76. The van der Waals surface area contributed by atoms with Crippen molar-refractivity contribution in [2.45, 2.75) is 45.8 Å². The van der Waals surface area contributed by atoms with Crippen LogP contribution in [0, 0.1) is 6.92 Å². The third kappa shape index (κ3) is 7.57. The number of nitrogens with one attached hydrogen (secondary N) is 2. The van der Waals surface area contributed by atoms with Crippen LogP contribution in [0.25, 0.3) is 0 Å². The van der Waals surface area contributed by atoms with Gasteiger partial charge in [-0.05, 0) is 56.0 Å². The number of phenols is 1. The Morgan fingerprint density at radius 3 is 2.58 bits per heavy atom. The van der Waals surface area contributed by atoms with E-state index in [2.05, 4.69) is 58.6 Å². The molecule has 3 rings (SSSR count). The Kier molecular flexibility index (Phi) is 10.4. The highest BCUT2D eigenvalue weighted by atomic mass is 127. The van der Waals surface area contributed by atoms with E-state index in [-0.39, 0.29) is 29.7 Å². The number of piperidine rings is 1. The zero-order valence-corrected chi connectivity index (χ0v) is 21.1. The van der Waals surface area contributed by atoms with Gasteiger partial charge < -0.3 is 20.5 Å². The zero-order chi connectivity index (χ0) is 21.3. The first kappa shape index (κ1) is 25.3. The molecule has 3 N–H and O–H groups in total. The molecule has 170 valence electrons. The van der Waals surface area contributed by atoms with Gasteiger partial charge in [0.2, 0.25) is 0 Å². The molecule has 0 bridgehead atoms. The number of halogens is 1. The highest BCUT2D eigenvalue weighted by Crippen LogP contribution is 2.23. The number of aryl methyl sites for hydroxylation is 1. The molecule has 1 fully saturated rings. The summed E-state index contributed by atoms with van der Waals surface area (Å²) in [5.41, 5.74) is 3.52. The van der Waals surface area contributed by atoms with Gasteiger partial charge in [0.05, 0.1) is 13.7 Å². The number of aliphatic imine (C=N–C) groups is 1. The SMILES string of the molecule is CCNC(=NCc1cc(OC)ccc1O)NC1CCN(Cc2ccccc2C)CC1.I. The summed E-state index contributed by atoms with van der Waals surface area (Å²) in [7, 11) is 1.62. The van der Waals surface area contributed by atoms with Gasteiger partial charge in [-0.25, -0.2) is 4.99 Å². The van der Waals surface area contributed by atoms with E-state index in [1.807, 2.05) is 6.07 Å². The fourth-order valence-electron chi connectivity index (χ4n) is 3.76. The summed E-state index contributed by atoms with van der Waals surface area (Å²) in [4.78, 5) is 7.20. The highest BCUT2D eigenvalue weighted by molar-refractivity contribution is 14.0. The van der Waals surface area contributed by atoms with E-state index in [9.17, 15) is 5.11 Å². The van der Waals surface area contributed by atoms with Gasteiger partial charge in [-0.2, -0.15) is 0 Å². The molecule has 6 nitrogen and oxygen atoms in total. The number of phenolic OH excluding ortho intramolecular Hbond substituents is 1. The Balaban J connectivity index is 0.00000341. The Morgan fingerprint density at radius 1 is 1.16 bits per heavy atom. The molecule has 7 heteroatoms. The average molecular weight is 538 g/mol. The number of methoxy groups -OCH3 is 1. The van der Waals surface area contributed by atoms with Crippen molar-refractivity contribution in [1.82, 2.24) is 15.5 Å². The first-order valence-corrected chi connectivity index (χ1v) is 10.8. The second-order valence-electron chi connectivity index (χ2n) is 7.81. The molecule has 1 aliphatic heterocycles. The number of ether oxygens (including phenoxy) is 1. The fraction of sp³-hybridized carbons (Fsp3) is 0.458. The molecular formula is C24H35IN4O2. The molecular weight excluding hydrogens is 503 g/mol.